The van der Waals surface area contributed by atoms with Gasteiger partial charge in [-0.2, -0.15) is 0 Å². The first-order valence-electron chi connectivity index (χ1n) is 5.94. The number of amides is 1. The molecule has 1 amide bonds. The highest BCUT2D eigenvalue weighted by atomic mass is 32.2. The Balaban J connectivity index is 2.49. The van der Waals surface area contributed by atoms with Crippen LogP contribution in [0.4, 0.5) is 5.69 Å². The first-order chi connectivity index (χ1) is 8.90. The van der Waals surface area contributed by atoms with Gasteiger partial charge in [0.2, 0.25) is 15.9 Å². The Bertz CT molecular complexity index is 512. The molecule has 1 aromatic rings. The summed E-state index contributed by atoms with van der Waals surface area (Å²) in [4.78, 5) is 11.5. The molecule has 0 aliphatic carbocycles. The largest absolute Gasteiger partial charge is 0.330 e. The van der Waals surface area contributed by atoms with Gasteiger partial charge in [-0.25, -0.2) is 13.1 Å². The van der Waals surface area contributed by atoms with Crippen molar-refractivity contribution in [2.24, 2.45) is 5.73 Å². The van der Waals surface area contributed by atoms with E-state index in [2.05, 4.69) is 10.0 Å². The number of hydrogen-bond acceptors (Lipinski definition) is 4. The van der Waals surface area contributed by atoms with Crippen molar-refractivity contribution in [1.82, 2.24) is 4.72 Å². The highest BCUT2D eigenvalue weighted by Gasteiger charge is 2.03. The molecular formula is C12H19N3O3S. The van der Waals surface area contributed by atoms with Crippen LogP contribution in [-0.2, 0) is 21.4 Å². The minimum Gasteiger partial charge on any atom is -0.330 e. The normalized spacial score (nSPS) is 11.3. The Morgan fingerprint density at radius 2 is 1.89 bits per heavy atom. The number of carbonyl (C=O) groups excluding carboxylic acids is 1. The van der Waals surface area contributed by atoms with Gasteiger partial charge in [0, 0.05) is 18.7 Å². The van der Waals surface area contributed by atoms with E-state index in [0.717, 1.165) is 11.8 Å². The highest BCUT2D eigenvalue weighted by molar-refractivity contribution is 7.88. The Morgan fingerprint density at radius 3 is 2.42 bits per heavy atom. The lowest BCUT2D eigenvalue weighted by molar-refractivity contribution is -0.116. The van der Waals surface area contributed by atoms with E-state index in [4.69, 9.17) is 5.73 Å². The molecule has 7 heteroatoms. The molecule has 0 aliphatic rings. The number of sulfonamides is 1. The molecule has 0 radical (unpaired) electrons. The fraction of sp³-hybridized carbons (Fsp3) is 0.417. The Morgan fingerprint density at radius 1 is 1.26 bits per heavy atom. The zero-order chi connectivity index (χ0) is 14.3. The van der Waals surface area contributed by atoms with Crippen LogP contribution < -0.4 is 15.8 Å². The number of anilines is 1. The van der Waals surface area contributed by atoms with Crippen molar-refractivity contribution in [1.29, 1.82) is 0 Å². The van der Waals surface area contributed by atoms with Crippen LogP contribution in [0.1, 0.15) is 18.4 Å². The predicted molar refractivity (Wildman–Crippen MR) is 75.0 cm³/mol. The van der Waals surface area contributed by atoms with Gasteiger partial charge >= 0.3 is 0 Å². The van der Waals surface area contributed by atoms with Gasteiger partial charge in [-0.1, -0.05) is 12.1 Å². The van der Waals surface area contributed by atoms with Crippen molar-refractivity contribution < 1.29 is 13.2 Å². The molecule has 0 heterocycles. The summed E-state index contributed by atoms with van der Waals surface area (Å²) in [5.74, 6) is -0.0764. The molecular weight excluding hydrogens is 266 g/mol. The van der Waals surface area contributed by atoms with Crippen LogP contribution in [0.5, 0.6) is 0 Å². The Hall–Kier alpha value is -1.44. The smallest absolute Gasteiger partial charge is 0.224 e. The second kappa shape index (κ2) is 7.22. The summed E-state index contributed by atoms with van der Waals surface area (Å²) in [5.41, 5.74) is 6.83. The summed E-state index contributed by atoms with van der Waals surface area (Å²) in [6.45, 7) is 0.726. The van der Waals surface area contributed by atoms with Gasteiger partial charge in [-0.3, -0.25) is 4.79 Å². The summed E-state index contributed by atoms with van der Waals surface area (Å²) in [5, 5.41) is 2.74. The molecule has 0 atom stereocenters. The maximum absolute atomic E-state index is 11.5. The Kier molecular flexibility index (Phi) is 5.94. The quantitative estimate of drug-likeness (QED) is 0.675. The van der Waals surface area contributed by atoms with Crippen molar-refractivity contribution in [2.45, 2.75) is 19.4 Å². The van der Waals surface area contributed by atoms with Gasteiger partial charge in [0.15, 0.2) is 0 Å². The summed E-state index contributed by atoms with van der Waals surface area (Å²) in [6, 6.07) is 6.99. The zero-order valence-corrected chi connectivity index (χ0v) is 11.7. The molecule has 106 valence electrons. The minimum absolute atomic E-state index is 0.0764. The first kappa shape index (κ1) is 15.6. The molecule has 0 aliphatic heterocycles. The van der Waals surface area contributed by atoms with Crippen molar-refractivity contribution in [3.05, 3.63) is 29.8 Å². The SMILES string of the molecule is CS(=O)(=O)NCc1ccc(NC(=O)CCCN)cc1. The van der Waals surface area contributed by atoms with E-state index < -0.39 is 10.0 Å². The number of nitrogens with two attached hydrogens (primary N) is 1. The molecule has 19 heavy (non-hydrogen) atoms. The number of benzene rings is 1. The van der Waals surface area contributed by atoms with Crippen LogP contribution in [0.3, 0.4) is 0 Å². The van der Waals surface area contributed by atoms with E-state index in [0.29, 0.717) is 25.1 Å². The van der Waals surface area contributed by atoms with Gasteiger partial charge in [-0.05, 0) is 30.7 Å². The van der Waals surface area contributed by atoms with Crippen molar-refractivity contribution in [3.63, 3.8) is 0 Å². The number of carbonyl (C=O) groups is 1. The molecule has 1 rings (SSSR count). The predicted octanol–water partition coefficient (Wildman–Crippen LogP) is 0.413. The third kappa shape index (κ3) is 6.90. The van der Waals surface area contributed by atoms with Crippen molar-refractivity contribution in [2.75, 3.05) is 18.1 Å². The van der Waals surface area contributed by atoms with Gasteiger partial charge in [0.05, 0.1) is 6.26 Å². The number of hydrogen-bond donors (Lipinski definition) is 3. The zero-order valence-electron chi connectivity index (χ0n) is 10.8. The molecule has 0 saturated carbocycles. The molecule has 0 saturated heterocycles. The fourth-order valence-electron chi connectivity index (χ4n) is 1.41. The van der Waals surface area contributed by atoms with Crippen LogP contribution in [0, 0.1) is 0 Å². The summed E-state index contributed by atoms with van der Waals surface area (Å²) < 4.78 is 24.3. The molecule has 0 fully saturated rings. The van der Waals surface area contributed by atoms with E-state index >= 15 is 0 Å². The van der Waals surface area contributed by atoms with Crippen molar-refractivity contribution in [3.8, 4) is 0 Å². The molecule has 4 N–H and O–H groups in total. The summed E-state index contributed by atoms with van der Waals surface area (Å²) in [7, 11) is -3.19. The van der Waals surface area contributed by atoms with Crippen LogP contribution in [0.2, 0.25) is 0 Å². The van der Waals surface area contributed by atoms with E-state index in [1.807, 2.05) is 0 Å². The van der Waals surface area contributed by atoms with E-state index in [9.17, 15) is 13.2 Å². The van der Waals surface area contributed by atoms with Crippen LogP contribution in [-0.4, -0.2) is 27.1 Å². The maximum Gasteiger partial charge on any atom is 0.224 e. The third-order valence-electron chi connectivity index (χ3n) is 2.38. The van der Waals surface area contributed by atoms with E-state index in [1.54, 1.807) is 24.3 Å². The monoisotopic (exact) mass is 285 g/mol. The van der Waals surface area contributed by atoms with Crippen molar-refractivity contribution >= 4 is 21.6 Å². The standard InChI is InChI=1S/C12H19N3O3S/c1-19(17,18)14-9-10-4-6-11(7-5-10)15-12(16)3-2-8-13/h4-7,14H,2-3,8-9,13H2,1H3,(H,15,16). The van der Waals surface area contributed by atoms with Gasteiger partial charge < -0.3 is 11.1 Å². The lowest BCUT2D eigenvalue weighted by atomic mass is 10.2. The topological polar surface area (TPSA) is 101 Å². The fourth-order valence-corrected chi connectivity index (χ4v) is 1.84. The first-order valence-corrected chi connectivity index (χ1v) is 7.83. The molecule has 1 aromatic carbocycles. The van der Waals surface area contributed by atoms with Gasteiger partial charge in [0.25, 0.3) is 0 Å². The minimum atomic E-state index is -3.19. The average molecular weight is 285 g/mol. The Labute approximate surface area is 113 Å². The second-order valence-corrected chi connectivity index (χ2v) is 6.06. The molecule has 0 unspecified atom stereocenters. The summed E-state index contributed by atoms with van der Waals surface area (Å²) in [6.07, 6.45) is 2.16. The number of rotatable bonds is 7. The molecule has 0 spiro atoms. The second-order valence-electron chi connectivity index (χ2n) is 4.23. The highest BCUT2D eigenvalue weighted by Crippen LogP contribution is 2.10. The lowest BCUT2D eigenvalue weighted by Gasteiger charge is -2.06. The van der Waals surface area contributed by atoms with Crippen LogP contribution in [0.15, 0.2) is 24.3 Å². The lowest BCUT2D eigenvalue weighted by Crippen LogP contribution is -2.21. The van der Waals surface area contributed by atoms with Gasteiger partial charge in [-0.15, -0.1) is 0 Å². The van der Waals surface area contributed by atoms with E-state index in [-0.39, 0.29) is 12.5 Å². The van der Waals surface area contributed by atoms with Crippen LogP contribution in [0.25, 0.3) is 0 Å². The number of nitrogens with one attached hydrogen (secondary N) is 2. The average Bonchev–Trinajstić information content (AvgIpc) is 2.34. The third-order valence-corrected chi connectivity index (χ3v) is 3.05. The maximum atomic E-state index is 11.5. The van der Waals surface area contributed by atoms with Gasteiger partial charge in [0.1, 0.15) is 0 Å². The summed E-state index contributed by atoms with van der Waals surface area (Å²) >= 11 is 0. The molecule has 0 aromatic heterocycles. The molecule has 0 bridgehead atoms. The van der Waals surface area contributed by atoms with E-state index in [1.165, 1.54) is 0 Å². The molecule has 6 nitrogen and oxygen atoms in total. The van der Waals surface area contributed by atoms with Crippen LogP contribution >= 0.6 is 0 Å².